The number of hydrogen-bond acceptors (Lipinski definition) is 8. The number of benzene rings is 3. The second-order valence-corrected chi connectivity index (χ2v) is 10.6. The summed E-state index contributed by atoms with van der Waals surface area (Å²) in [5, 5.41) is 6.40. The minimum atomic E-state index is -4.79. The first-order valence-corrected chi connectivity index (χ1v) is 13.7. The number of amides is 1. The van der Waals surface area contributed by atoms with E-state index in [1.165, 1.54) is 41.3 Å². The highest BCUT2D eigenvalue weighted by molar-refractivity contribution is 7.85. The average Bonchev–Trinajstić information content (AvgIpc) is 2.87. The SMILES string of the molecule is CCOC(=O)c1ccc2c(c1)NC1(CNC1)N(c1ccc(OC(F)(F)F)cc1)C2=O.Cc1ccc(S(=O)(=O)O)cc1. The van der Waals surface area contributed by atoms with Crippen molar-refractivity contribution < 1.29 is 45.2 Å². The minimum Gasteiger partial charge on any atom is -0.462 e. The summed E-state index contributed by atoms with van der Waals surface area (Å²) in [6, 6.07) is 15.7. The van der Waals surface area contributed by atoms with Gasteiger partial charge in [0.15, 0.2) is 0 Å². The van der Waals surface area contributed by atoms with Crippen LogP contribution in [0.15, 0.2) is 71.6 Å². The molecule has 1 saturated heterocycles. The predicted octanol–water partition coefficient (Wildman–Crippen LogP) is 4.38. The molecule has 0 aliphatic carbocycles. The smallest absolute Gasteiger partial charge is 0.462 e. The van der Waals surface area contributed by atoms with Crippen molar-refractivity contribution in [3.05, 3.63) is 83.4 Å². The summed E-state index contributed by atoms with van der Waals surface area (Å²) in [7, 11) is -4.02. The molecular weight excluding hydrogens is 567 g/mol. The molecule has 3 aromatic rings. The van der Waals surface area contributed by atoms with E-state index in [0.717, 1.165) is 17.7 Å². The van der Waals surface area contributed by atoms with Crippen molar-refractivity contribution in [2.45, 2.75) is 30.8 Å². The maximum atomic E-state index is 13.3. The number of carbonyl (C=O) groups excluding carboxylic acids is 2. The number of hydrogen-bond donors (Lipinski definition) is 3. The van der Waals surface area contributed by atoms with E-state index in [0.29, 0.717) is 35.6 Å². The van der Waals surface area contributed by atoms with Gasteiger partial charge in [0.1, 0.15) is 11.4 Å². The number of esters is 1. The van der Waals surface area contributed by atoms with E-state index in [2.05, 4.69) is 15.4 Å². The van der Waals surface area contributed by atoms with Crippen molar-refractivity contribution in [1.29, 1.82) is 0 Å². The van der Waals surface area contributed by atoms with E-state index in [1.807, 2.05) is 6.92 Å². The van der Waals surface area contributed by atoms with Crippen molar-refractivity contribution >= 4 is 33.4 Å². The van der Waals surface area contributed by atoms with Crippen LogP contribution in [0, 0.1) is 6.92 Å². The molecule has 1 spiro atoms. The standard InChI is InChI=1S/C20H18F3N3O4.C7H8O3S/c1-2-29-18(28)12-3-8-15-16(9-12)25-19(10-24-11-19)26(17(15)27)13-4-6-14(7-5-13)30-20(21,22)23;1-6-2-4-7(5-3-6)11(8,9)10/h3-9,24-25H,2,10-11H2,1H3;2-5H,1H3,(H,8,9,10). The van der Waals surface area contributed by atoms with Crippen molar-refractivity contribution in [2.24, 2.45) is 0 Å². The predicted molar refractivity (Wildman–Crippen MR) is 143 cm³/mol. The molecule has 218 valence electrons. The van der Waals surface area contributed by atoms with E-state index in [-0.39, 0.29) is 23.2 Å². The van der Waals surface area contributed by atoms with Gasteiger partial charge in [-0.2, -0.15) is 8.42 Å². The molecule has 3 N–H and O–H groups in total. The largest absolute Gasteiger partial charge is 0.573 e. The van der Waals surface area contributed by atoms with Crippen LogP contribution in [0.4, 0.5) is 24.5 Å². The topological polar surface area (TPSA) is 134 Å². The van der Waals surface area contributed by atoms with Gasteiger partial charge in [-0.25, -0.2) is 4.79 Å². The van der Waals surface area contributed by atoms with Gasteiger partial charge in [-0.3, -0.25) is 14.2 Å². The molecule has 2 heterocycles. The molecule has 1 amide bonds. The molecule has 3 aromatic carbocycles. The van der Waals surface area contributed by atoms with E-state index >= 15 is 0 Å². The summed E-state index contributed by atoms with van der Waals surface area (Å²) < 4.78 is 75.7. The Morgan fingerprint density at radius 1 is 1.05 bits per heavy atom. The fourth-order valence-corrected chi connectivity index (χ4v) is 4.76. The van der Waals surface area contributed by atoms with Gasteiger partial charge >= 0.3 is 12.3 Å². The fourth-order valence-electron chi connectivity index (χ4n) is 4.28. The Labute approximate surface area is 233 Å². The van der Waals surface area contributed by atoms with Crippen LogP contribution in [0.3, 0.4) is 0 Å². The van der Waals surface area contributed by atoms with Gasteiger partial charge in [-0.15, -0.1) is 13.2 Å². The van der Waals surface area contributed by atoms with Crippen molar-refractivity contribution in [3.63, 3.8) is 0 Å². The zero-order valence-electron chi connectivity index (χ0n) is 21.9. The molecule has 0 aromatic heterocycles. The number of nitrogens with one attached hydrogen (secondary N) is 2. The summed E-state index contributed by atoms with van der Waals surface area (Å²) in [6.45, 7) is 4.62. The lowest BCUT2D eigenvalue weighted by Gasteiger charge is -2.53. The summed E-state index contributed by atoms with van der Waals surface area (Å²) in [4.78, 5) is 26.7. The Hall–Kier alpha value is -4.14. The molecule has 0 saturated carbocycles. The van der Waals surface area contributed by atoms with Crippen LogP contribution in [0.25, 0.3) is 0 Å². The zero-order valence-corrected chi connectivity index (χ0v) is 22.7. The molecule has 0 radical (unpaired) electrons. The molecule has 0 bridgehead atoms. The molecule has 10 nitrogen and oxygen atoms in total. The van der Waals surface area contributed by atoms with Crippen LogP contribution in [-0.4, -0.2) is 56.6 Å². The van der Waals surface area contributed by atoms with Gasteiger partial charge in [-0.1, -0.05) is 17.7 Å². The van der Waals surface area contributed by atoms with E-state index in [4.69, 9.17) is 9.29 Å². The third-order valence-electron chi connectivity index (χ3n) is 6.24. The van der Waals surface area contributed by atoms with Crippen LogP contribution in [0.1, 0.15) is 33.2 Å². The molecule has 2 aliphatic heterocycles. The summed E-state index contributed by atoms with van der Waals surface area (Å²) in [5.74, 6) is -1.19. The number of alkyl halides is 3. The van der Waals surface area contributed by atoms with E-state index in [1.54, 1.807) is 25.1 Å². The Bertz CT molecular complexity index is 1540. The summed E-state index contributed by atoms with van der Waals surface area (Å²) in [5.41, 5.74) is 1.74. The third-order valence-corrected chi connectivity index (χ3v) is 7.11. The van der Waals surface area contributed by atoms with Crippen molar-refractivity contribution in [1.82, 2.24) is 5.32 Å². The Kier molecular flexibility index (Phi) is 8.29. The number of anilines is 2. The molecule has 5 rings (SSSR count). The lowest BCUT2D eigenvalue weighted by molar-refractivity contribution is -0.274. The van der Waals surface area contributed by atoms with Crippen LogP contribution in [-0.2, 0) is 14.9 Å². The lowest BCUT2D eigenvalue weighted by atomic mass is 9.92. The summed E-state index contributed by atoms with van der Waals surface area (Å²) >= 11 is 0. The Balaban J connectivity index is 0.000000296. The normalized spacial score (nSPS) is 15.6. The molecule has 2 aliphatic rings. The number of ether oxygens (including phenoxy) is 2. The number of nitrogens with zero attached hydrogens (tertiary/aromatic N) is 1. The molecular formula is C27H26F3N3O7S. The Morgan fingerprint density at radius 2 is 1.68 bits per heavy atom. The molecule has 1 fully saturated rings. The lowest BCUT2D eigenvalue weighted by Crippen LogP contribution is -2.76. The van der Waals surface area contributed by atoms with Gasteiger partial charge in [0.2, 0.25) is 0 Å². The Morgan fingerprint density at radius 3 is 2.20 bits per heavy atom. The first kappa shape index (κ1) is 29.8. The minimum absolute atomic E-state index is 0.0666. The molecule has 14 heteroatoms. The van der Waals surface area contributed by atoms with Gasteiger partial charge in [0.25, 0.3) is 16.0 Å². The average molecular weight is 594 g/mol. The monoisotopic (exact) mass is 593 g/mol. The first-order valence-electron chi connectivity index (χ1n) is 12.3. The maximum Gasteiger partial charge on any atom is 0.573 e. The number of aryl methyl sites for hydroxylation is 1. The fraction of sp³-hybridized carbons (Fsp3) is 0.259. The van der Waals surface area contributed by atoms with Gasteiger partial charge in [-0.05, 0) is 68.4 Å². The highest BCUT2D eigenvalue weighted by Crippen LogP contribution is 2.38. The highest BCUT2D eigenvalue weighted by atomic mass is 32.2. The third kappa shape index (κ3) is 6.78. The van der Waals surface area contributed by atoms with Crippen LogP contribution >= 0.6 is 0 Å². The second kappa shape index (κ2) is 11.4. The zero-order chi connectivity index (χ0) is 30.0. The summed E-state index contributed by atoms with van der Waals surface area (Å²) in [6.07, 6.45) is -4.79. The molecule has 41 heavy (non-hydrogen) atoms. The van der Waals surface area contributed by atoms with Crippen LogP contribution in [0.5, 0.6) is 5.75 Å². The highest BCUT2D eigenvalue weighted by Gasteiger charge is 2.50. The first-order chi connectivity index (χ1) is 19.2. The number of fused-ring (bicyclic) bond motifs is 1. The van der Waals surface area contributed by atoms with Gasteiger partial charge in [0.05, 0.1) is 22.6 Å². The number of halogens is 3. The van der Waals surface area contributed by atoms with E-state index < -0.39 is 28.1 Å². The van der Waals surface area contributed by atoms with Gasteiger partial charge < -0.3 is 20.1 Å². The van der Waals surface area contributed by atoms with Crippen LogP contribution < -0.4 is 20.3 Å². The number of rotatable bonds is 5. The quantitative estimate of drug-likeness (QED) is 0.291. The second-order valence-electron chi connectivity index (χ2n) is 9.21. The molecule has 0 unspecified atom stereocenters. The number of carbonyl (C=O) groups is 2. The van der Waals surface area contributed by atoms with Crippen molar-refractivity contribution in [2.75, 3.05) is 29.9 Å². The maximum absolute atomic E-state index is 13.3. The van der Waals surface area contributed by atoms with Crippen molar-refractivity contribution in [3.8, 4) is 5.75 Å². The van der Waals surface area contributed by atoms with Gasteiger partial charge in [0, 0.05) is 24.5 Å². The van der Waals surface area contributed by atoms with E-state index in [9.17, 15) is 31.2 Å². The molecule has 0 atom stereocenters. The van der Waals surface area contributed by atoms with Crippen LogP contribution in [0.2, 0.25) is 0 Å².